The van der Waals surface area contributed by atoms with Crippen LogP contribution in [0.4, 0.5) is 5.69 Å². The summed E-state index contributed by atoms with van der Waals surface area (Å²) in [5.41, 5.74) is 0.972. The van der Waals surface area contributed by atoms with Crippen LogP contribution in [-0.4, -0.2) is 24.1 Å². The minimum absolute atomic E-state index is 0.167. The average molecular weight is 350 g/mol. The first-order valence-electron chi connectivity index (χ1n) is 8.99. The number of hydrogen-bond acceptors (Lipinski definition) is 3. The smallest absolute Gasteiger partial charge is 0.240 e. The Labute approximate surface area is 153 Å². The Bertz CT molecular complexity index is 851. The molecule has 0 aromatic heterocycles. The molecule has 2 aliphatic heterocycles. The van der Waals surface area contributed by atoms with E-state index in [0.717, 1.165) is 17.0 Å². The lowest BCUT2D eigenvalue weighted by Crippen LogP contribution is -2.63. The summed E-state index contributed by atoms with van der Waals surface area (Å²) in [5, 5.41) is 2.92. The molecule has 1 saturated heterocycles. The van der Waals surface area contributed by atoms with E-state index in [1.807, 2.05) is 68.4 Å². The zero-order valence-corrected chi connectivity index (χ0v) is 14.9. The topological polar surface area (TPSA) is 58.6 Å². The summed E-state index contributed by atoms with van der Waals surface area (Å²) in [7, 11) is 0. The minimum atomic E-state index is -0.767. The zero-order valence-electron chi connectivity index (χ0n) is 14.9. The van der Waals surface area contributed by atoms with E-state index in [1.165, 1.54) is 0 Å². The Morgan fingerprint density at radius 1 is 1.19 bits per heavy atom. The summed E-state index contributed by atoms with van der Waals surface area (Å²) in [5.74, 6) is -0.637. The van der Waals surface area contributed by atoms with Gasteiger partial charge >= 0.3 is 0 Å². The fraction of sp³-hybridized carbons (Fsp3) is 0.333. The van der Waals surface area contributed by atoms with Crippen LogP contribution in [0.2, 0.25) is 0 Å². The van der Waals surface area contributed by atoms with Crippen LogP contribution in [0.25, 0.3) is 0 Å². The van der Waals surface area contributed by atoms with Gasteiger partial charge in [0, 0.05) is 24.6 Å². The third kappa shape index (κ3) is 2.64. The van der Waals surface area contributed by atoms with Crippen LogP contribution in [-0.2, 0) is 9.59 Å². The third-order valence-corrected chi connectivity index (χ3v) is 5.25. The molecule has 0 radical (unpaired) electrons. The van der Waals surface area contributed by atoms with Gasteiger partial charge in [-0.1, -0.05) is 36.4 Å². The molecule has 2 heterocycles. The quantitative estimate of drug-likeness (QED) is 0.866. The molecule has 0 saturated carbocycles. The molecule has 5 nitrogen and oxygen atoms in total. The minimum Gasteiger partial charge on any atom is -0.468 e. The Morgan fingerprint density at radius 2 is 1.88 bits per heavy atom. The standard InChI is InChI=1S/C21H22N2O3/c1-3-23(14-9-5-4-6-10-14)20(25)18-16-13-21(2,22-19(18)24)26-17-12-8-7-11-15(16)17/h4-12,16,18H,3,13H2,1-2H3,(H,22,24)/t16-,18-,21-/m1/s1. The number of carbonyl (C=O) groups excluding carboxylic acids is 2. The molecule has 26 heavy (non-hydrogen) atoms. The van der Waals surface area contributed by atoms with Gasteiger partial charge in [0.05, 0.1) is 0 Å². The lowest BCUT2D eigenvalue weighted by molar-refractivity contribution is -0.146. The van der Waals surface area contributed by atoms with E-state index in [9.17, 15) is 9.59 Å². The first-order valence-corrected chi connectivity index (χ1v) is 8.99. The number of para-hydroxylation sites is 2. The lowest BCUT2D eigenvalue weighted by Gasteiger charge is -2.47. The molecule has 0 unspecified atom stereocenters. The van der Waals surface area contributed by atoms with Gasteiger partial charge in [0.1, 0.15) is 11.7 Å². The van der Waals surface area contributed by atoms with Crippen molar-refractivity contribution >= 4 is 17.5 Å². The van der Waals surface area contributed by atoms with Gasteiger partial charge in [-0.05, 0) is 37.6 Å². The maximum atomic E-state index is 13.4. The van der Waals surface area contributed by atoms with Crippen molar-refractivity contribution in [2.45, 2.75) is 31.9 Å². The predicted octanol–water partition coefficient (Wildman–Crippen LogP) is 3.07. The molecule has 1 fully saturated rings. The van der Waals surface area contributed by atoms with Crippen LogP contribution in [0, 0.1) is 5.92 Å². The van der Waals surface area contributed by atoms with Crippen molar-refractivity contribution in [3.63, 3.8) is 0 Å². The van der Waals surface area contributed by atoms with Gasteiger partial charge in [0.25, 0.3) is 0 Å². The maximum Gasteiger partial charge on any atom is 0.240 e. The molecule has 2 bridgehead atoms. The van der Waals surface area contributed by atoms with Crippen molar-refractivity contribution < 1.29 is 14.3 Å². The predicted molar refractivity (Wildman–Crippen MR) is 98.9 cm³/mol. The second-order valence-corrected chi connectivity index (χ2v) is 7.07. The fourth-order valence-electron chi connectivity index (χ4n) is 4.11. The second-order valence-electron chi connectivity index (χ2n) is 7.07. The number of benzene rings is 2. The molecular weight excluding hydrogens is 328 g/mol. The van der Waals surface area contributed by atoms with Crippen LogP contribution in [0.15, 0.2) is 54.6 Å². The van der Waals surface area contributed by atoms with Crippen molar-refractivity contribution in [3.8, 4) is 5.75 Å². The first kappa shape index (κ1) is 16.6. The highest BCUT2D eigenvalue weighted by molar-refractivity contribution is 6.09. The van der Waals surface area contributed by atoms with Gasteiger partial charge in [0.15, 0.2) is 5.72 Å². The highest BCUT2D eigenvalue weighted by Gasteiger charge is 2.52. The van der Waals surface area contributed by atoms with Gasteiger partial charge < -0.3 is 15.0 Å². The molecule has 134 valence electrons. The summed E-state index contributed by atoms with van der Waals surface area (Å²) in [6.07, 6.45) is 0.582. The number of carbonyl (C=O) groups is 2. The van der Waals surface area contributed by atoms with E-state index in [2.05, 4.69) is 5.32 Å². The normalized spacial score (nSPS) is 26.3. The van der Waals surface area contributed by atoms with Gasteiger partial charge in [-0.25, -0.2) is 0 Å². The largest absolute Gasteiger partial charge is 0.468 e. The van der Waals surface area contributed by atoms with E-state index in [1.54, 1.807) is 4.90 Å². The molecule has 2 aromatic rings. The molecule has 1 N–H and O–H groups in total. The monoisotopic (exact) mass is 350 g/mol. The molecule has 5 heteroatoms. The molecule has 0 spiro atoms. The van der Waals surface area contributed by atoms with E-state index >= 15 is 0 Å². The molecule has 0 aliphatic carbocycles. The molecule has 2 aliphatic rings. The number of amides is 2. The van der Waals surface area contributed by atoms with E-state index in [0.29, 0.717) is 13.0 Å². The SMILES string of the molecule is CCN(C(=O)[C@H]1C(=O)N[C@@]2(C)C[C@@H]1c1ccccc1O2)c1ccccc1. The van der Waals surface area contributed by atoms with Crippen molar-refractivity contribution in [2.24, 2.45) is 5.92 Å². The van der Waals surface area contributed by atoms with Crippen molar-refractivity contribution in [3.05, 3.63) is 60.2 Å². The van der Waals surface area contributed by atoms with Gasteiger partial charge in [-0.15, -0.1) is 0 Å². The highest BCUT2D eigenvalue weighted by atomic mass is 16.5. The molecule has 2 amide bonds. The number of nitrogens with one attached hydrogen (secondary N) is 1. The van der Waals surface area contributed by atoms with Crippen LogP contribution < -0.4 is 15.0 Å². The zero-order chi connectivity index (χ0) is 18.3. The second kappa shape index (κ2) is 6.16. The van der Waals surface area contributed by atoms with Crippen molar-refractivity contribution in [1.82, 2.24) is 5.32 Å². The summed E-state index contributed by atoms with van der Waals surface area (Å²) in [4.78, 5) is 27.9. The first-order chi connectivity index (χ1) is 12.5. The number of fused-ring (bicyclic) bond motifs is 4. The summed E-state index contributed by atoms with van der Waals surface area (Å²) in [6.45, 7) is 4.30. The average Bonchev–Trinajstić information content (AvgIpc) is 2.62. The van der Waals surface area contributed by atoms with Gasteiger partial charge in [-0.2, -0.15) is 0 Å². The third-order valence-electron chi connectivity index (χ3n) is 5.25. The summed E-state index contributed by atoms with van der Waals surface area (Å²) >= 11 is 0. The number of piperidine rings is 1. The summed E-state index contributed by atoms with van der Waals surface area (Å²) < 4.78 is 6.00. The van der Waals surface area contributed by atoms with E-state index < -0.39 is 11.6 Å². The molecular formula is C21H22N2O3. The Kier molecular flexibility index (Phi) is 3.94. The maximum absolute atomic E-state index is 13.4. The number of nitrogens with zero attached hydrogens (tertiary/aromatic N) is 1. The molecule has 2 aromatic carbocycles. The van der Waals surface area contributed by atoms with E-state index in [4.69, 9.17) is 4.74 Å². The number of rotatable bonds is 3. The van der Waals surface area contributed by atoms with Crippen LogP contribution >= 0.6 is 0 Å². The van der Waals surface area contributed by atoms with Gasteiger partial charge in [0.2, 0.25) is 11.8 Å². The van der Waals surface area contributed by atoms with Crippen LogP contribution in [0.3, 0.4) is 0 Å². The van der Waals surface area contributed by atoms with Gasteiger partial charge in [-0.3, -0.25) is 9.59 Å². The number of anilines is 1. The molecule has 4 rings (SSSR count). The van der Waals surface area contributed by atoms with Crippen LogP contribution in [0.1, 0.15) is 31.7 Å². The fourth-order valence-corrected chi connectivity index (χ4v) is 4.11. The molecule has 3 atom stereocenters. The van der Waals surface area contributed by atoms with Crippen LogP contribution in [0.5, 0.6) is 5.75 Å². The van der Waals surface area contributed by atoms with Crippen molar-refractivity contribution in [2.75, 3.05) is 11.4 Å². The van der Waals surface area contributed by atoms with E-state index in [-0.39, 0.29) is 17.7 Å². The lowest BCUT2D eigenvalue weighted by atomic mass is 9.74. The Hall–Kier alpha value is -2.82. The van der Waals surface area contributed by atoms with Crippen molar-refractivity contribution in [1.29, 1.82) is 0 Å². The summed E-state index contributed by atoms with van der Waals surface area (Å²) in [6, 6.07) is 17.2. The number of ether oxygens (including phenoxy) is 1. The number of hydrogen-bond donors (Lipinski definition) is 1. The Morgan fingerprint density at radius 3 is 2.62 bits per heavy atom. The Balaban J connectivity index is 1.74. The highest BCUT2D eigenvalue weighted by Crippen LogP contribution is 2.47.